The molecule has 1 aromatic rings. The predicted octanol–water partition coefficient (Wildman–Crippen LogP) is 3.42. The van der Waals surface area contributed by atoms with Crippen molar-refractivity contribution in [3.8, 4) is 0 Å². The van der Waals surface area contributed by atoms with Crippen LogP contribution in [0.25, 0.3) is 6.08 Å². The fraction of sp³-hybridized carbons (Fsp3) is 0.550. The van der Waals surface area contributed by atoms with E-state index >= 15 is 0 Å². The molecule has 2 fully saturated rings. The van der Waals surface area contributed by atoms with Crippen LogP contribution < -0.4 is 0 Å². The lowest BCUT2D eigenvalue weighted by Gasteiger charge is -2.43. The minimum Gasteiger partial charge on any atom is -0.334 e. The molecular formula is C20H28N2O. The van der Waals surface area contributed by atoms with Gasteiger partial charge in [0.25, 0.3) is 0 Å². The first-order valence-corrected chi connectivity index (χ1v) is 8.72. The summed E-state index contributed by atoms with van der Waals surface area (Å²) in [5.74, 6) is 0.324. The molecule has 0 N–H and O–H groups in total. The van der Waals surface area contributed by atoms with Crippen LogP contribution in [0, 0.1) is 5.41 Å². The van der Waals surface area contributed by atoms with Gasteiger partial charge in [-0.1, -0.05) is 63.3 Å². The molecule has 3 heteroatoms. The average Bonchev–Trinajstić information content (AvgIpc) is 2.77. The van der Waals surface area contributed by atoms with Crippen molar-refractivity contribution in [3.05, 3.63) is 42.0 Å². The molecule has 2 atom stereocenters. The van der Waals surface area contributed by atoms with E-state index < -0.39 is 0 Å². The predicted molar refractivity (Wildman–Crippen MR) is 95.0 cm³/mol. The van der Waals surface area contributed by atoms with Gasteiger partial charge >= 0.3 is 0 Å². The Bertz CT molecular complexity index is 559. The first-order chi connectivity index (χ1) is 10.9. The minimum absolute atomic E-state index is 0.268. The van der Waals surface area contributed by atoms with Gasteiger partial charge in [0.1, 0.15) is 0 Å². The Kier molecular flexibility index (Phi) is 4.58. The van der Waals surface area contributed by atoms with Crippen LogP contribution in [0.2, 0.25) is 0 Å². The molecule has 0 aliphatic carbocycles. The Hall–Kier alpha value is -1.61. The maximum atomic E-state index is 12.7. The second kappa shape index (κ2) is 6.48. The second-order valence-corrected chi connectivity index (χ2v) is 7.88. The van der Waals surface area contributed by atoms with Gasteiger partial charge < -0.3 is 4.90 Å². The summed E-state index contributed by atoms with van der Waals surface area (Å²) in [5.41, 5.74) is 0.980. The summed E-state index contributed by atoms with van der Waals surface area (Å²) in [6.07, 6.45) is 6.75. The average molecular weight is 312 g/mol. The van der Waals surface area contributed by atoms with Gasteiger partial charge in [-0.2, -0.15) is 0 Å². The highest BCUT2D eigenvalue weighted by Crippen LogP contribution is 2.33. The normalized spacial score (nSPS) is 25.3. The van der Waals surface area contributed by atoms with Crippen molar-refractivity contribution >= 4 is 12.0 Å². The van der Waals surface area contributed by atoms with Gasteiger partial charge in [0.2, 0.25) is 5.91 Å². The lowest BCUT2D eigenvalue weighted by atomic mass is 9.93. The van der Waals surface area contributed by atoms with Crippen LogP contribution in [0.15, 0.2) is 36.4 Å². The van der Waals surface area contributed by atoms with Gasteiger partial charge in [-0.15, -0.1) is 0 Å². The van der Waals surface area contributed by atoms with Crippen molar-refractivity contribution in [2.24, 2.45) is 5.41 Å². The monoisotopic (exact) mass is 312 g/mol. The maximum absolute atomic E-state index is 12.7. The summed E-state index contributed by atoms with van der Waals surface area (Å²) in [6, 6.07) is 11.2. The number of hydrogen-bond acceptors (Lipinski definition) is 2. The Labute approximate surface area is 140 Å². The van der Waals surface area contributed by atoms with Crippen molar-refractivity contribution in [2.45, 2.75) is 45.7 Å². The van der Waals surface area contributed by atoms with E-state index in [1.54, 1.807) is 0 Å². The molecule has 0 spiro atoms. The smallest absolute Gasteiger partial charge is 0.228 e. The number of likely N-dealkylation sites (tertiary alicyclic amines) is 1. The van der Waals surface area contributed by atoms with Gasteiger partial charge in [0.15, 0.2) is 0 Å². The maximum Gasteiger partial charge on any atom is 0.228 e. The third kappa shape index (κ3) is 3.66. The van der Waals surface area contributed by atoms with E-state index in [4.69, 9.17) is 0 Å². The van der Waals surface area contributed by atoms with E-state index in [0.29, 0.717) is 18.0 Å². The lowest BCUT2D eigenvalue weighted by Crippen LogP contribution is -2.58. The topological polar surface area (TPSA) is 23.6 Å². The molecule has 0 radical (unpaired) electrons. The largest absolute Gasteiger partial charge is 0.334 e. The molecule has 23 heavy (non-hydrogen) atoms. The molecule has 124 valence electrons. The molecule has 2 unspecified atom stereocenters. The summed E-state index contributed by atoms with van der Waals surface area (Å²) >= 11 is 0. The van der Waals surface area contributed by atoms with Gasteiger partial charge in [-0.25, -0.2) is 0 Å². The Morgan fingerprint density at radius 1 is 1.13 bits per heavy atom. The van der Waals surface area contributed by atoms with Gasteiger partial charge in [0.05, 0.1) is 0 Å². The highest BCUT2D eigenvalue weighted by Gasteiger charge is 2.44. The molecule has 2 aliphatic heterocycles. The number of benzene rings is 1. The first-order valence-electron chi connectivity index (χ1n) is 8.72. The second-order valence-electron chi connectivity index (χ2n) is 7.88. The molecular weight excluding hydrogens is 284 g/mol. The number of amides is 1. The highest BCUT2D eigenvalue weighted by atomic mass is 16.2. The molecule has 3 rings (SSSR count). The number of piperazine rings is 1. The summed E-state index contributed by atoms with van der Waals surface area (Å²) in [5, 5.41) is 0. The molecule has 1 amide bonds. The van der Waals surface area contributed by atoms with Gasteiger partial charge in [-0.3, -0.25) is 9.69 Å². The van der Waals surface area contributed by atoms with Crippen molar-refractivity contribution in [2.75, 3.05) is 19.6 Å². The molecule has 3 nitrogen and oxygen atoms in total. The SMILES string of the molecule is CC(C)(C)C(=O)N1C2CCC1CN(C/C=C/c1ccccc1)C2. The Balaban J connectivity index is 1.59. The fourth-order valence-electron chi connectivity index (χ4n) is 3.76. The van der Waals surface area contributed by atoms with E-state index in [2.05, 4.69) is 46.2 Å². The van der Waals surface area contributed by atoms with E-state index in [0.717, 1.165) is 32.5 Å². The van der Waals surface area contributed by atoms with Crippen molar-refractivity contribution in [1.82, 2.24) is 9.80 Å². The van der Waals surface area contributed by atoms with Crippen LogP contribution in [0.1, 0.15) is 39.2 Å². The van der Waals surface area contributed by atoms with E-state index in [-0.39, 0.29) is 5.41 Å². The fourth-order valence-corrected chi connectivity index (χ4v) is 3.76. The third-order valence-electron chi connectivity index (χ3n) is 4.91. The standard InChI is InChI=1S/C20H28N2O/c1-20(2,3)19(23)22-17-11-12-18(22)15-21(14-17)13-7-10-16-8-5-4-6-9-16/h4-10,17-18H,11-15H2,1-3H3/b10-7+. The number of rotatable bonds is 3. The van der Waals surface area contributed by atoms with E-state index in [1.807, 2.05) is 26.8 Å². The third-order valence-corrected chi connectivity index (χ3v) is 4.91. The van der Waals surface area contributed by atoms with E-state index in [1.165, 1.54) is 5.56 Å². The quantitative estimate of drug-likeness (QED) is 0.854. The van der Waals surface area contributed by atoms with Crippen LogP contribution >= 0.6 is 0 Å². The van der Waals surface area contributed by atoms with Crippen LogP contribution in [0.4, 0.5) is 0 Å². The van der Waals surface area contributed by atoms with Crippen molar-refractivity contribution in [3.63, 3.8) is 0 Å². The molecule has 2 bridgehead atoms. The number of carbonyl (C=O) groups excluding carboxylic acids is 1. The molecule has 2 saturated heterocycles. The molecule has 0 saturated carbocycles. The van der Waals surface area contributed by atoms with Crippen molar-refractivity contribution in [1.29, 1.82) is 0 Å². The Morgan fingerprint density at radius 2 is 1.74 bits per heavy atom. The summed E-state index contributed by atoms with van der Waals surface area (Å²) in [4.78, 5) is 17.4. The summed E-state index contributed by atoms with van der Waals surface area (Å²) in [6.45, 7) is 9.09. The van der Waals surface area contributed by atoms with E-state index in [9.17, 15) is 4.79 Å². The van der Waals surface area contributed by atoms with Crippen LogP contribution in [0.5, 0.6) is 0 Å². The molecule has 0 aromatic heterocycles. The van der Waals surface area contributed by atoms with Crippen LogP contribution in [-0.4, -0.2) is 47.4 Å². The summed E-state index contributed by atoms with van der Waals surface area (Å²) in [7, 11) is 0. The van der Waals surface area contributed by atoms with Crippen molar-refractivity contribution < 1.29 is 4.79 Å². The molecule has 2 aliphatic rings. The first kappa shape index (κ1) is 16.3. The van der Waals surface area contributed by atoms with Crippen LogP contribution in [-0.2, 0) is 4.79 Å². The van der Waals surface area contributed by atoms with Gasteiger partial charge in [0, 0.05) is 37.1 Å². The zero-order valence-corrected chi connectivity index (χ0v) is 14.5. The number of fused-ring (bicyclic) bond motifs is 2. The molecule has 1 aromatic carbocycles. The van der Waals surface area contributed by atoms with Gasteiger partial charge in [-0.05, 0) is 18.4 Å². The Morgan fingerprint density at radius 3 is 2.30 bits per heavy atom. The zero-order valence-electron chi connectivity index (χ0n) is 14.5. The number of nitrogens with zero attached hydrogens (tertiary/aromatic N) is 2. The number of carbonyl (C=O) groups is 1. The summed E-state index contributed by atoms with van der Waals surface area (Å²) < 4.78 is 0. The minimum atomic E-state index is -0.268. The highest BCUT2D eigenvalue weighted by molar-refractivity contribution is 5.82. The van der Waals surface area contributed by atoms with Crippen LogP contribution in [0.3, 0.4) is 0 Å². The number of hydrogen-bond donors (Lipinski definition) is 0. The molecule has 2 heterocycles. The zero-order chi connectivity index (χ0) is 16.4. The lowest BCUT2D eigenvalue weighted by molar-refractivity contribution is -0.145.